The van der Waals surface area contributed by atoms with Crippen molar-refractivity contribution in [1.82, 2.24) is 24.6 Å². The summed E-state index contributed by atoms with van der Waals surface area (Å²) in [6.45, 7) is 2.62. The number of piperidine rings is 1. The van der Waals surface area contributed by atoms with Crippen LogP contribution in [0.3, 0.4) is 0 Å². The van der Waals surface area contributed by atoms with Gasteiger partial charge in [-0.05, 0) is 55.4 Å². The molecule has 1 aliphatic carbocycles. The fraction of sp³-hybridized carbons (Fsp3) is 0.531. The second-order valence-corrected chi connectivity index (χ2v) is 12.4. The minimum atomic E-state index is -4.94. The van der Waals surface area contributed by atoms with Crippen molar-refractivity contribution in [3.8, 4) is 5.75 Å². The third kappa shape index (κ3) is 7.35. The lowest BCUT2D eigenvalue weighted by Crippen LogP contribution is -2.55. The molecule has 15 heteroatoms. The molecule has 3 fully saturated rings. The van der Waals surface area contributed by atoms with Gasteiger partial charge in [-0.25, -0.2) is 14.6 Å². The fourth-order valence-electron chi connectivity index (χ4n) is 6.20. The van der Waals surface area contributed by atoms with Gasteiger partial charge in [0.25, 0.3) is 11.5 Å². The SMILES string of the molecule is COc1ccc(Cn2ncc(N[C@@H](C)CO[C@@H]3CCN([C@@H]4CCN(c5ncc(C6CC6)cn5)C[C@H]4O)C3=O)c(C(F)(F)F)c2=O)cc1. The van der Waals surface area contributed by atoms with Crippen LogP contribution >= 0.6 is 0 Å². The zero-order valence-electron chi connectivity index (χ0n) is 26.2. The molecule has 2 N–H and O–H groups in total. The number of nitrogens with zero attached hydrogens (tertiary/aromatic N) is 6. The lowest BCUT2D eigenvalue weighted by atomic mass is 10.0. The van der Waals surface area contributed by atoms with E-state index in [-0.39, 0.29) is 25.6 Å². The lowest BCUT2D eigenvalue weighted by Gasteiger charge is -2.40. The molecule has 1 saturated carbocycles. The highest BCUT2D eigenvalue weighted by atomic mass is 19.4. The average Bonchev–Trinajstić information content (AvgIpc) is 3.84. The standard InChI is InChI=1S/C32H38F3N7O5/c1-19(39-24-15-38-42(30(45)28(24)32(33,34)35)16-20-3-7-23(46-2)8-4-20)18-47-27-10-12-41(29(27)44)25-9-11-40(17-26(25)43)31-36-13-22(14-37-31)21-5-6-21/h3-4,7-8,13-15,19,21,25-27,39,43H,5-6,9-12,16-18H2,1-2H3/t19-,25+,26+,27+/m0/s1. The molecular formula is C32H38F3N7O5. The van der Waals surface area contributed by atoms with Crippen molar-refractivity contribution in [3.05, 3.63) is 69.9 Å². The third-order valence-corrected chi connectivity index (χ3v) is 8.90. The Hall–Kier alpha value is -4.24. The van der Waals surface area contributed by atoms with Crippen molar-refractivity contribution in [2.24, 2.45) is 0 Å². The molecule has 0 bridgehead atoms. The second kappa shape index (κ2) is 13.5. The molecule has 3 aliphatic rings. The number of aliphatic hydroxyl groups is 1. The number of halogens is 3. The molecule has 0 radical (unpaired) electrons. The summed E-state index contributed by atoms with van der Waals surface area (Å²) in [6, 6.07) is 5.50. The van der Waals surface area contributed by atoms with Crippen molar-refractivity contribution in [3.63, 3.8) is 0 Å². The predicted octanol–water partition coefficient (Wildman–Crippen LogP) is 3.04. The summed E-state index contributed by atoms with van der Waals surface area (Å²) < 4.78 is 53.9. The Balaban J connectivity index is 1.03. The van der Waals surface area contributed by atoms with Gasteiger partial charge in [-0.2, -0.15) is 18.3 Å². The summed E-state index contributed by atoms with van der Waals surface area (Å²) in [5, 5.41) is 17.6. The smallest absolute Gasteiger partial charge is 0.423 e. The fourth-order valence-corrected chi connectivity index (χ4v) is 6.20. The third-order valence-electron chi connectivity index (χ3n) is 8.90. The number of carbonyl (C=O) groups excluding carboxylic acids is 1. The maximum absolute atomic E-state index is 14.1. The average molecular weight is 658 g/mol. The van der Waals surface area contributed by atoms with Crippen LogP contribution in [0.15, 0.2) is 47.7 Å². The monoisotopic (exact) mass is 657 g/mol. The van der Waals surface area contributed by atoms with E-state index in [1.165, 1.54) is 7.11 Å². The number of methoxy groups -OCH3 is 1. The highest BCUT2D eigenvalue weighted by Gasteiger charge is 2.42. The van der Waals surface area contributed by atoms with Crippen molar-refractivity contribution in [2.75, 3.05) is 43.6 Å². The van der Waals surface area contributed by atoms with Crippen molar-refractivity contribution in [2.45, 2.75) is 75.5 Å². The molecular weight excluding hydrogens is 619 g/mol. The number of likely N-dealkylation sites (tertiary alicyclic amines) is 1. The molecule has 2 saturated heterocycles. The molecule has 1 amide bonds. The van der Waals surface area contributed by atoms with Gasteiger partial charge in [0, 0.05) is 44.5 Å². The zero-order chi connectivity index (χ0) is 33.3. The van der Waals surface area contributed by atoms with Gasteiger partial charge in [0.1, 0.15) is 17.4 Å². The molecule has 6 rings (SSSR count). The van der Waals surface area contributed by atoms with Gasteiger partial charge >= 0.3 is 6.18 Å². The number of aliphatic hydroxyl groups excluding tert-OH is 1. The van der Waals surface area contributed by atoms with E-state index in [4.69, 9.17) is 9.47 Å². The largest absolute Gasteiger partial charge is 0.497 e. The number of rotatable bonds is 11. The first kappa shape index (κ1) is 32.7. The van der Waals surface area contributed by atoms with E-state index in [0.29, 0.717) is 49.1 Å². The normalized spacial score (nSPS) is 22.4. The number of hydrogen-bond acceptors (Lipinski definition) is 10. The number of amides is 1. The molecule has 0 unspecified atom stereocenters. The number of nitrogens with one attached hydrogen (secondary N) is 1. The van der Waals surface area contributed by atoms with E-state index in [9.17, 15) is 27.9 Å². The number of anilines is 2. The van der Waals surface area contributed by atoms with Crippen LogP contribution in [-0.2, 0) is 22.3 Å². The van der Waals surface area contributed by atoms with Crippen LogP contribution in [0.2, 0.25) is 0 Å². The summed E-state index contributed by atoms with van der Waals surface area (Å²) in [4.78, 5) is 38.7. The molecule has 4 atom stereocenters. The van der Waals surface area contributed by atoms with Crippen LogP contribution in [0.1, 0.15) is 55.2 Å². The highest BCUT2D eigenvalue weighted by molar-refractivity contribution is 5.83. The van der Waals surface area contributed by atoms with E-state index in [1.54, 1.807) is 36.1 Å². The van der Waals surface area contributed by atoms with Gasteiger partial charge in [-0.1, -0.05) is 12.1 Å². The van der Waals surface area contributed by atoms with E-state index in [1.807, 2.05) is 17.3 Å². The van der Waals surface area contributed by atoms with Crippen LogP contribution in [-0.4, -0.2) is 93.3 Å². The number of hydrogen-bond donors (Lipinski definition) is 2. The minimum absolute atomic E-state index is 0.0916. The van der Waals surface area contributed by atoms with Crippen LogP contribution in [0, 0.1) is 0 Å². The number of benzene rings is 1. The summed E-state index contributed by atoms with van der Waals surface area (Å²) in [5.41, 5.74) is -1.39. The zero-order valence-corrected chi connectivity index (χ0v) is 26.2. The molecule has 4 heterocycles. The Labute approximate surface area is 269 Å². The van der Waals surface area contributed by atoms with Gasteiger partial charge in [-0.3, -0.25) is 9.59 Å². The number of alkyl halides is 3. The van der Waals surface area contributed by atoms with Gasteiger partial charge in [0.15, 0.2) is 0 Å². The quantitative estimate of drug-likeness (QED) is 0.317. The Morgan fingerprint density at radius 3 is 2.40 bits per heavy atom. The number of β-amino-alcohol motifs (C(OH)–C–C–N with tert-alkyl or cyclic N) is 1. The number of carbonyl (C=O) groups is 1. The van der Waals surface area contributed by atoms with Crippen LogP contribution in [0.5, 0.6) is 5.75 Å². The topological polar surface area (TPSA) is 135 Å². The second-order valence-electron chi connectivity index (χ2n) is 12.4. The van der Waals surface area contributed by atoms with E-state index in [2.05, 4.69) is 20.4 Å². The Bertz CT molecular complexity index is 1620. The summed E-state index contributed by atoms with van der Waals surface area (Å²) in [7, 11) is 1.50. The van der Waals surface area contributed by atoms with E-state index in [0.717, 1.165) is 29.3 Å². The van der Waals surface area contributed by atoms with Crippen LogP contribution < -0.4 is 20.5 Å². The highest BCUT2D eigenvalue weighted by Crippen LogP contribution is 2.39. The number of aromatic nitrogens is 4. The summed E-state index contributed by atoms with van der Waals surface area (Å²) in [6.07, 6.45) is 1.38. The van der Waals surface area contributed by atoms with Crippen molar-refractivity contribution in [1.29, 1.82) is 0 Å². The molecule has 0 spiro atoms. The van der Waals surface area contributed by atoms with Crippen molar-refractivity contribution >= 4 is 17.5 Å². The summed E-state index contributed by atoms with van der Waals surface area (Å²) >= 11 is 0. The molecule has 47 heavy (non-hydrogen) atoms. The van der Waals surface area contributed by atoms with E-state index < -0.39 is 47.3 Å². The molecule has 1 aromatic carbocycles. The lowest BCUT2D eigenvalue weighted by molar-refractivity contribution is -0.141. The molecule has 3 aromatic rings. The maximum atomic E-state index is 14.1. The van der Waals surface area contributed by atoms with Crippen molar-refractivity contribution < 1.29 is 32.5 Å². The maximum Gasteiger partial charge on any atom is 0.423 e. The van der Waals surface area contributed by atoms with Gasteiger partial charge in [-0.15, -0.1) is 0 Å². The Morgan fingerprint density at radius 2 is 1.77 bits per heavy atom. The van der Waals surface area contributed by atoms with Gasteiger partial charge in [0.2, 0.25) is 5.95 Å². The van der Waals surface area contributed by atoms with Gasteiger partial charge < -0.3 is 29.7 Å². The van der Waals surface area contributed by atoms with E-state index >= 15 is 0 Å². The Kier molecular flexibility index (Phi) is 9.37. The minimum Gasteiger partial charge on any atom is -0.497 e. The van der Waals surface area contributed by atoms with Crippen LogP contribution in [0.25, 0.3) is 0 Å². The summed E-state index contributed by atoms with van der Waals surface area (Å²) in [5.74, 6) is 1.42. The molecule has 2 aromatic heterocycles. The predicted molar refractivity (Wildman–Crippen MR) is 165 cm³/mol. The molecule has 252 valence electrons. The first-order valence-corrected chi connectivity index (χ1v) is 15.8. The number of ether oxygens (including phenoxy) is 2. The van der Waals surface area contributed by atoms with Crippen LogP contribution in [0.4, 0.5) is 24.8 Å². The Morgan fingerprint density at radius 1 is 1.04 bits per heavy atom. The first-order chi connectivity index (χ1) is 22.5. The molecule has 2 aliphatic heterocycles. The first-order valence-electron chi connectivity index (χ1n) is 15.8. The van der Waals surface area contributed by atoms with Gasteiger partial charge in [0.05, 0.1) is 44.3 Å². The molecule has 12 nitrogen and oxygen atoms in total.